The van der Waals surface area contributed by atoms with E-state index in [1.807, 2.05) is 48.2 Å². The van der Waals surface area contributed by atoms with Crippen molar-refractivity contribution in [3.05, 3.63) is 88.9 Å². The van der Waals surface area contributed by atoms with Crippen LogP contribution in [-0.2, 0) is 17.6 Å². The molecule has 2 heterocycles. The maximum atomic E-state index is 13.0. The van der Waals surface area contributed by atoms with Gasteiger partial charge < -0.3 is 9.80 Å². The molecule has 32 heavy (non-hydrogen) atoms. The topological polar surface area (TPSA) is 49.3 Å². The number of alkyl halides is 1. The fraction of sp³-hybridized carbons (Fsp3) is 0.346. The number of anilines is 1. The van der Waals surface area contributed by atoms with Crippen molar-refractivity contribution in [1.82, 2.24) is 14.9 Å². The van der Waals surface area contributed by atoms with Crippen LogP contribution in [-0.4, -0.2) is 47.0 Å². The van der Waals surface area contributed by atoms with Crippen molar-refractivity contribution >= 4 is 23.3 Å². The summed E-state index contributed by atoms with van der Waals surface area (Å²) in [5.74, 6) is 1.75. The highest BCUT2D eigenvalue weighted by Crippen LogP contribution is 2.28. The third-order valence-electron chi connectivity index (χ3n) is 5.94. The van der Waals surface area contributed by atoms with E-state index in [9.17, 15) is 4.79 Å². The van der Waals surface area contributed by atoms with Gasteiger partial charge in [-0.2, -0.15) is 0 Å². The van der Waals surface area contributed by atoms with Crippen molar-refractivity contribution in [3.8, 4) is 0 Å². The predicted molar refractivity (Wildman–Crippen MR) is 129 cm³/mol. The van der Waals surface area contributed by atoms with E-state index in [2.05, 4.69) is 36.1 Å². The van der Waals surface area contributed by atoms with Gasteiger partial charge in [0.15, 0.2) is 0 Å². The second kappa shape index (κ2) is 10.1. The Morgan fingerprint density at radius 3 is 2.22 bits per heavy atom. The third-order valence-corrected chi connectivity index (χ3v) is 6.38. The normalized spacial score (nSPS) is 15.0. The van der Waals surface area contributed by atoms with E-state index in [0.717, 1.165) is 48.8 Å². The summed E-state index contributed by atoms with van der Waals surface area (Å²) >= 11 is 6.49. The van der Waals surface area contributed by atoms with Gasteiger partial charge in [-0.1, -0.05) is 67.6 Å². The number of carbonyl (C=O) groups is 1. The van der Waals surface area contributed by atoms with Crippen LogP contribution in [0.1, 0.15) is 40.5 Å². The Morgan fingerprint density at radius 2 is 1.59 bits per heavy atom. The quantitative estimate of drug-likeness (QED) is 0.518. The number of carbonyl (C=O) groups excluding carboxylic acids is 1. The number of amides is 1. The van der Waals surface area contributed by atoms with Crippen molar-refractivity contribution in [1.29, 1.82) is 0 Å². The van der Waals surface area contributed by atoms with Crippen molar-refractivity contribution in [3.63, 3.8) is 0 Å². The van der Waals surface area contributed by atoms with Crippen LogP contribution in [0.2, 0.25) is 0 Å². The highest BCUT2D eigenvalue weighted by Gasteiger charge is 2.29. The number of halogens is 1. The minimum Gasteiger partial charge on any atom is -0.353 e. The first kappa shape index (κ1) is 22.3. The van der Waals surface area contributed by atoms with E-state index in [1.165, 1.54) is 11.1 Å². The van der Waals surface area contributed by atoms with Crippen molar-refractivity contribution in [2.75, 3.05) is 31.1 Å². The van der Waals surface area contributed by atoms with Crippen molar-refractivity contribution in [2.24, 2.45) is 0 Å². The minimum atomic E-state index is -0.649. The van der Waals surface area contributed by atoms with Crippen LogP contribution in [0.25, 0.3) is 0 Å². The fourth-order valence-corrected chi connectivity index (χ4v) is 4.52. The van der Waals surface area contributed by atoms with Crippen molar-refractivity contribution in [2.45, 2.75) is 32.1 Å². The number of hydrogen-bond acceptors (Lipinski definition) is 4. The number of nitrogens with zero attached hydrogens (tertiary/aromatic N) is 4. The lowest BCUT2D eigenvalue weighted by molar-refractivity contribution is -0.131. The molecule has 1 atom stereocenters. The zero-order valence-corrected chi connectivity index (χ0v) is 19.4. The molecule has 1 fully saturated rings. The van der Waals surface area contributed by atoms with Gasteiger partial charge in [0.05, 0.1) is 0 Å². The fourth-order valence-electron chi connectivity index (χ4n) is 4.24. The molecule has 1 aromatic heterocycles. The van der Waals surface area contributed by atoms with E-state index < -0.39 is 5.38 Å². The summed E-state index contributed by atoms with van der Waals surface area (Å²) in [5.41, 5.74) is 4.37. The summed E-state index contributed by atoms with van der Waals surface area (Å²) in [7, 11) is 0. The van der Waals surface area contributed by atoms with E-state index in [1.54, 1.807) is 0 Å². The Hall–Kier alpha value is -2.92. The highest BCUT2D eigenvalue weighted by atomic mass is 35.5. The molecular formula is C26H29ClN4O. The average Bonchev–Trinajstić information content (AvgIpc) is 2.85. The number of aromatic nitrogens is 2. The van der Waals surface area contributed by atoms with Crippen LogP contribution in [0.15, 0.2) is 60.7 Å². The highest BCUT2D eigenvalue weighted by molar-refractivity contribution is 6.30. The number of aryl methyl sites for hydroxylation is 2. The Kier molecular flexibility index (Phi) is 7.05. The van der Waals surface area contributed by atoms with E-state index in [-0.39, 0.29) is 5.91 Å². The molecule has 0 radical (unpaired) electrons. The van der Waals surface area contributed by atoms with Crippen LogP contribution >= 0.6 is 11.6 Å². The standard InChI is InChI=1S/C26H29ClN4O/c1-3-23-22(18-20-10-6-4-7-11-20)25(29-19(2)28-23)30-14-16-31(17-15-30)26(32)24(27)21-12-8-5-9-13-21/h4-13,24H,3,14-18H2,1-2H3. The molecule has 1 unspecified atom stereocenters. The SMILES string of the molecule is CCc1nc(C)nc(N2CCN(C(=O)C(Cl)c3ccccc3)CC2)c1Cc1ccccc1. The molecule has 1 saturated heterocycles. The molecule has 3 aromatic rings. The molecule has 1 aliphatic heterocycles. The van der Waals surface area contributed by atoms with Crippen molar-refractivity contribution < 1.29 is 4.79 Å². The van der Waals surface area contributed by atoms with Gasteiger partial charge in [-0.25, -0.2) is 9.97 Å². The third kappa shape index (κ3) is 4.94. The molecule has 2 aromatic carbocycles. The van der Waals surface area contributed by atoms with Gasteiger partial charge in [0.2, 0.25) is 5.91 Å². The maximum Gasteiger partial charge on any atom is 0.245 e. The molecule has 1 amide bonds. The molecule has 0 aliphatic carbocycles. The largest absolute Gasteiger partial charge is 0.353 e. The summed E-state index contributed by atoms with van der Waals surface area (Å²) in [6.07, 6.45) is 1.67. The second-order valence-corrected chi connectivity index (χ2v) is 8.56. The van der Waals surface area contributed by atoms with Gasteiger partial charge in [0.25, 0.3) is 0 Å². The smallest absolute Gasteiger partial charge is 0.245 e. The lowest BCUT2D eigenvalue weighted by Gasteiger charge is -2.37. The van der Waals surface area contributed by atoms with E-state index >= 15 is 0 Å². The molecule has 0 N–H and O–H groups in total. The van der Waals surface area contributed by atoms with Crippen LogP contribution in [0.5, 0.6) is 0 Å². The molecule has 4 rings (SSSR count). The number of hydrogen-bond donors (Lipinski definition) is 0. The molecule has 0 spiro atoms. The number of piperazine rings is 1. The Balaban J connectivity index is 1.51. The molecular weight excluding hydrogens is 420 g/mol. The first-order chi connectivity index (χ1) is 15.6. The van der Waals surface area contributed by atoms with Gasteiger partial charge in [0, 0.05) is 43.9 Å². The van der Waals surface area contributed by atoms with Gasteiger partial charge in [0.1, 0.15) is 17.0 Å². The summed E-state index contributed by atoms with van der Waals surface area (Å²) < 4.78 is 0. The molecule has 0 bridgehead atoms. The Labute approximate surface area is 195 Å². The van der Waals surface area contributed by atoms with Gasteiger partial charge in [-0.05, 0) is 24.5 Å². The summed E-state index contributed by atoms with van der Waals surface area (Å²) in [6, 6.07) is 20.0. The lowest BCUT2D eigenvalue weighted by atomic mass is 10.0. The van der Waals surface area contributed by atoms with Crippen LogP contribution < -0.4 is 4.90 Å². The van der Waals surface area contributed by atoms with Gasteiger partial charge in [-0.3, -0.25) is 4.79 Å². The summed E-state index contributed by atoms with van der Waals surface area (Å²) in [6.45, 7) is 6.80. The predicted octanol–water partition coefficient (Wildman–Crippen LogP) is 4.57. The lowest BCUT2D eigenvalue weighted by Crippen LogP contribution is -2.50. The van der Waals surface area contributed by atoms with Gasteiger partial charge >= 0.3 is 0 Å². The Morgan fingerprint density at radius 1 is 0.969 bits per heavy atom. The monoisotopic (exact) mass is 448 g/mol. The number of rotatable bonds is 6. The zero-order valence-electron chi connectivity index (χ0n) is 18.7. The molecule has 0 saturated carbocycles. The first-order valence-corrected chi connectivity index (χ1v) is 11.6. The van der Waals surface area contributed by atoms with Crippen LogP contribution in [0.3, 0.4) is 0 Å². The molecule has 5 nitrogen and oxygen atoms in total. The van der Waals surface area contributed by atoms with Crippen LogP contribution in [0.4, 0.5) is 5.82 Å². The van der Waals surface area contributed by atoms with Crippen LogP contribution in [0, 0.1) is 6.92 Å². The molecule has 6 heteroatoms. The maximum absolute atomic E-state index is 13.0. The van der Waals surface area contributed by atoms with E-state index in [4.69, 9.17) is 21.6 Å². The average molecular weight is 449 g/mol. The second-order valence-electron chi connectivity index (χ2n) is 8.12. The number of benzene rings is 2. The van der Waals surface area contributed by atoms with E-state index in [0.29, 0.717) is 13.1 Å². The summed E-state index contributed by atoms with van der Waals surface area (Å²) in [5, 5.41) is -0.649. The van der Waals surface area contributed by atoms with Gasteiger partial charge in [-0.15, -0.1) is 11.6 Å². The minimum absolute atomic E-state index is 0.0323. The first-order valence-electron chi connectivity index (χ1n) is 11.2. The molecule has 166 valence electrons. The molecule has 1 aliphatic rings. The zero-order chi connectivity index (χ0) is 22.5. The Bertz CT molecular complexity index is 1050. The summed E-state index contributed by atoms with van der Waals surface area (Å²) in [4.78, 5) is 26.7.